The first-order valence-corrected chi connectivity index (χ1v) is 15.1. The molecule has 2 heterocycles. The number of hydrazone groups is 1. The van der Waals surface area contributed by atoms with Crippen molar-refractivity contribution in [3.05, 3.63) is 72.2 Å². The SMILES string of the molecule is C#CC(C)/C=N\N1C=CC(Oc2ccc(Nc3ncnc4ccc(CCC)c(OCC(C)CC(C)CC)c34)c(F)c2)=CC1. The van der Waals surface area contributed by atoms with Crippen LogP contribution < -0.4 is 14.8 Å². The van der Waals surface area contributed by atoms with Gasteiger partial charge in [-0.2, -0.15) is 5.10 Å². The average Bonchev–Trinajstić information content (AvgIpc) is 3.01. The lowest BCUT2D eigenvalue weighted by molar-refractivity contribution is 0.235. The Kier molecular flexibility index (Phi) is 11.2. The van der Waals surface area contributed by atoms with Gasteiger partial charge in [0.15, 0.2) is 0 Å². The third kappa shape index (κ3) is 8.57. The van der Waals surface area contributed by atoms with Gasteiger partial charge < -0.3 is 14.8 Å². The molecule has 8 heteroatoms. The van der Waals surface area contributed by atoms with Crippen LogP contribution in [0.5, 0.6) is 11.5 Å². The van der Waals surface area contributed by atoms with Crippen LogP contribution in [0.15, 0.2) is 65.9 Å². The third-order valence-corrected chi connectivity index (χ3v) is 7.39. The van der Waals surface area contributed by atoms with Crippen molar-refractivity contribution in [3.63, 3.8) is 0 Å². The quantitative estimate of drug-likeness (QED) is 0.152. The number of terminal acetylenes is 1. The number of allylic oxidation sites excluding steroid dienone is 1. The fourth-order valence-corrected chi connectivity index (χ4v) is 4.82. The van der Waals surface area contributed by atoms with Crippen LogP contribution in [0.2, 0.25) is 0 Å². The van der Waals surface area contributed by atoms with Crippen molar-refractivity contribution in [1.82, 2.24) is 15.0 Å². The first kappa shape index (κ1) is 31.6. The minimum absolute atomic E-state index is 0.0499. The highest BCUT2D eigenvalue weighted by Crippen LogP contribution is 2.37. The van der Waals surface area contributed by atoms with Crippen molar-refractivity contribution >= 4 is 28.6 Å². The first-order valence-electron chi connectivity index (χ1n) is 15.1. The van der Waals surface area contributed by atoms with E-state index < -0.39 is 5.82 Å². The lowest BCUT2D eigenvalue weighted by Gasteiger charge is -2.20. The summed E-state index contributed by atoms with van der Waals surface area (Å²) in [7, 11) is 0. The van der Waals surface area contributed by atoms with Gasteiger partial charge in [-0.3, -0.25) is 5.01 Å². The topological polar surface area (TPSA) is 71.9 Å². The van der Waals surface area contributed by atoms with Crippen LogP contribution >= 0.6 is 0 Å². The van der Waals surface area contributed by atoms with Gasteiger partial charge in [0.1, 0.15) is 35.2 Å². The number of aromatic nitrogens is 2. The number of ether oxygens (including phenoxy) is 2. The molecular weight excluding hydrogens is 541 g/mol. The summed E-state index contributed by atoms with van der Waals surface area (Å²) in [5.41, 5.74) is 2.11. The van der Waals surface area contributed by atoms with Crippen LogP contribution in [0, 0.1) is 35.9 Å². The summed E-state index contributed by atoms with van der Waals surface area (Å²) in [4.78, 5) is 8.99. The molecule has 0 saturated heterocycles. The van der Waals surface area contributed by atoms with E-state index in [1.54, 1.807) is 35.6 Å². The lowest BCUT2D eigenvalue weighted by atomic mass is 9.96. The predicted molar refractivity (Wildman–Crippen MR) is 173 cm³/mol. The second kappa shape index (κ2) is 15.2. The van der Waals surface area contributed by atoms with E-state index in [1.807, 2.05) is 19.1 Å². The minimum Gasteiger partial charge on any atom is -0.492 e. The third-order valence-electron chi connectivity index (χ3n) is 7.39. The summed E-state index contributed by atoms with van der Waals surface area (Å²) in [6, 6.07) is 8.77. The van der Waals surface area contributed by atoms with Crippen LogP contribution in [0.4, 0.5) is 15.9 Å². The van der Waals surface area contributed by atoms with Crippen molar-refractivity contribution in [2.45, 2.75) is 60.3 Å². The number of aryl methyl sites for hydroxylation is 1. The highest BCUT2D eigenvalue weighted by Gasteiger charge is 2.18. The molecule has 4 rings (SSSR count). The molecule has 2 aromatic carbocycles. The minimum atomic E-state index is -0.464. The summed E-state index contributed by atoms with van der Waals surface area (Å²) in [5, 5.41) is 10.0. The van der Waals surface area contributed by atoms with Crippen molar-refractivity contribution in [1.29, 1.82) is 0 Å². The van der Waals surface area contributed by atoms with Gasteiger partial charge in [-0.15, -0.1) is 6.42 Å². The Bertz CT molecular complexity index is 1530. The number of halogens is 1. The molecule has 0 amide bonds. The van der Waals surface area contributed by atoms with Gasteiger partial charge in [-0.25, -0.2) is 14.4 Å². The molecule has 0 bridgehead atoms. The molecule has 3 atom stereocenters. The maximum Gasteiger partial charge on any atom is 0.150 e. The normalized spacial score (nSPS) is 15.2. The summed E-state index contributed by atoms with van der Waals surface area (Å²) < 4.78 is 27.8. The number of benzene rings is 2. The van der Waals surface area contributed by atoms with Gasteiger partial charge >= 0.3 is 0 Å². The maximum absolute atomic E-state index is 15.4. The molecule has 0 spiro atoms. The second-order valence-electron chi connectivity index (χ2n) is 11.2. The van der Waals surface area contributed by atoms with Gasteiger partial charge in [0.2, 0.25) is 0 Å². The lowest BCUT2D eigenvalue weighted by Crippen LogP contribution is -2.15. The molecule has 1 aliphatic heterocycles. The van der Waals surface area contributed by atoms with E-state index in [4.69, 9.17) is 15.9 Å². The summed E-state index contributed by atoms with van der Waals surface area (Å²) in [5.74, 6) is 5.38. The number of hydrogen-bond acceptors (Lipinski definition) is 7. The largest absolute Gasteiger partial charge is 0.492 e. The number of nitrogens with one attached hydrogen (secondary N) is 1. The average molecular weight is 584 g/mol. The molecule has 7 nitrogen and oxygen atoms in total. The Hall–Kier alpha value is -4.38. The van der Waals surface area contributed by atoms with E-state index in [1.165, 1.54) is 12.4 Å². The van der Waals surface area contributed by atoms with E-state index in [0.29, 0.717) is 42.3 Å². The monoisotopic (exact) mass is 583 g/mol. The number of rotatable bonds is 14. The molecule has 0 radical (unpaired) electrons. The fourth-order valence-electron chi connectivity index (χ4n) is 4.82. The van der Waals surface area contributed by atoms with Gasteiger partial charge in [0.25, 0.3) is 0 Å². The summed E-state index contributed by atoms with van der Waals surface area (Å²) in [6.07, 6.45) is 18.1. The number of nitrogens with zero attached hydrogens (tertiary/aromatic N) is 4. The van der Waals surface area contributed by atoms with Crippen LogP contribution in [0.1, 0.15) is 59.4 Å². The molecule has 1 aliphatic rings. The Morgan fingerprint density at radius 1 is 1.16 bits per heavy atom. The first-order chi connectivity index (χ1) is 20.8. The molecule has 3 unspecified atom stereocenters. The smallest absolute Gasteiger partial charge is 0.150 e. The van der Waals surface area contributed by atoms with E-state index >= 15 is 4.39 Å². The summed E-state index contributed by atoms with van der Waals surface area (Å²) >= 11 is 0. The van der Waals surface area contributed by atoms with Crippen molar-refractivity contribution < 1.29 is 13.9 Å². The highest BCUT2D eigenvalue weighted by atomic mass is 19.1. The van der Waals surface area contributed by atoms with E-state index in [9.17, 15) is 0 Å². The van der Waals surface area contributed by atoms with Gasteiger partial charge in [0.05, 0.1) is 35.7 Å². The Balaban J connectivity index is 1.52. The molecule has 1 aromatic heterocycles. The Morgan fingerprint density at radius 3 is 2.70 bits per heavy atom. The van der Waals surface area contributed by atoms with Crippen molar-refractivity contribution in [3.8, 4) is 23.8 Å². The number of fused-ring (bicyclic) bond motifs is 1. The highest BCUT2D eigenvalue weighted by molar-refractivity contribution is 5.96. The fraction of sp³-hybridized carbons (Fsp3) is 0.400. The Labute approximate surface area is 254 Å². The van der Waals surface area contributed by atoms with Crippen LogP contribution in [0.3, 0.4) is 0 Å². The van der Waals surface area contributed by atoms with Crippen LogP contribution in [-0.4, -0.2) is 34.3 Å². The second-order valence-corrected chi connectivity index (χ2v) is 11.2. The van der Waals surface area contributed by atoms with Gasteiger partial charge in [0, 0.05) is 18.5 Å². The number of hydrogen-bond donors (Lipinski definition) is 1. The van der Waals surface area contributed by atoms with Crippen LogP contribution in [-0.2, 0) is 6.42 Å². The van der Waals surface area contributed by atoms with Gasteiger partial charge in [-0.1, -0.05) is 52.5 Å². The van der Waals surface area contributed by atoms with Crippen LogP contribution in [0.25, 0.3) is 10.9 Å². The molecule has 0 saturated carbocycles. The molecule has 3 aromatic rings. The molecule has 226 valence electrons. The standard InChI is InChI=1S/C35H42FN5O2/c1-7-10-27-11-13-32-33(34(27)42-22-26(6)19-24(4)8-2)35(38-23-37-32)40-31-14-12-29(20-30(31)36)43-28-15-17-41(18-16-28)39-21-25(5)9-3/h3,11-17,20-21,23-26H,7-8,10,18-19,22H2,1-2,4-6H3,(H,37,38,40)/b39-21-. The molecular formula is C35H42FN5O2. The maximum atomic E-state index is 15.4. The zero-order valence-electron chi connectivity index (χ0n) is 25.8. The molecule has 0 fully saturated rings. The molecule has 43 heavy (non-hydrogen) atoms. The van der Waals surface area contributed by atoms with E-state index in [-0.39, 0.29) is 11.6 Å². The zero-order valence-corrected chi connectivity index (χ0v) is 25.8. The van der Waals surface area contributed by atoms with Crippen molar-refractivity contribution in [2.75, 3.05) is 18.5 Å². The Morgan fingerprint density at radius 2 is 2.00 bits per heavy atom. The van der Waals surface area contributed by atoms with E-state index in [2.05, 4.69) is 60.1 Å². The van der Waals surface area contributed by atoms with Crippen molar-refractivity contribution in [2.24, 2.45) is 22.9 Å². The number of anilines is 2. The van der Waals surface area contributed by atoms with Gasteiger partial charge in [-0.05, 0) is 67.5 Å². The summed E-state index contributed by atoms with van der Waals surface area (Å²) in [6.45, 7) is 11.9. The zero-order chi connectivity index (χ0) is 30.8. The molecule has 1 N–H and O–H groups in total. The molecule has 0 aliphatic carbocycles. The predicted octanol–water partition coefficient (Wildman–Crippen LogP) is 8.26. The van der Waals surface area contributed by atoms with E-state index in [0.717, 1.165) is 47.9 Å².